The first-order valence-corrected chi connectivity index (χ1v) is 8.24. The van der Waals surface area contributed by atoms with Crippen LogP contribution in [0.25, 0.3) is 22.1 Å². The fraction of sp³-hybridized carbons (Fsp3) is 0.0476. The average molecular weight is 364 g/mol. The smallest absolute Gasteiger partial charge is 0.262 e. The van der Waals surface area contributed by atoms with Gasteiger partial charge in [-0.05, 0) is 37.3 Å². The summed E-state index contributed by atoms with van der Waals surface area (Å²) in [5.41, 5.74) is 1.86. The Balaban J connectivity index is 1.63. The molecule has 4 nitrogen and oxygen atoms in total. The maximum Gasteiger partial charge on any atom is 0.262 e. The summed E-state index contributed by atoms with van der Waals surface area (Å²) < 4.78 is 33.2. The molecule has 4 rings (SSSR count). The standard InChI is InChI=1S/C21H14F2N2O2/c1-12-19(14-5-2-3-8-17(14)27-12)13-9-10-18(24-11-13)25-21(26)20-15(22)6-4-7-16(20)23/h2-11H,1H3,(H,24,25,26). The Kier molecular flexibility index (Phi) is 4.16. The number of aromatic nitrogens is 1. The van der Waals surface area contributed by atoms with Gasteiger partial charge in [0.25, 0.3) is 5.91 Å². The lowest BCUT2D eigenvalue weighted by atomic mass is 10.0. The molecule has 0 atom stereocenters. The number of hydrogen-bond donors (Lipinski definition) is 1. The Morgan fingerprint density at radius 2 is 1.74 bits per heavy atom. The number of furan rings is 1. The third-order valence-electron chi connectivity index (χ3n) is 4.26. The highest BCUT2D eigenvalue weighted by molar-refractivity contribution is 6.04. The second kappa shape index (κ2) is 6.64. The molecular weight excluding hydrogens is 350 g/mol. The highest BCUT2D eigenvalue weighted by Gasteiger charge is 2.18. The molecule has 0 saturated carbocycles. The van der Waals surface area contributed by atoms with Crippen molar-refractivity contribution in [3.8, 4) is 11.1 Å². The summed E-state index contributed by atoms with van der Waals surface area (Å²) in [4.78, 5) is 16.3. The number of fused-ring (bicyclic) bond motifs is 1. The van der Waals surface area contributed by atoms with Crippen LogP contribution in [-0.4, -0.2) is 10.9 Å². The number of rotatable bonds is 3. The molecule has 27 heavy (non-hydrogen) atoms. The Bertz CT molecular complexity index is 1130. The third kappa shape index (κ3) is 3.06. The number of para-hydroxylation sites is 1. The summed E-state index contributed by atoms with van der Waals surface area (Å²) >= 11 is 0. The molecule has 0 spiro atoms. The van der Waals surface area contributed by atoms with Crippen LogP contribution in [0.3, 0.4) is 0 Å². The molecule has 0 aliphatic rings. The van der Waals surface area contributed by atoms with Crippen LogP contribution in [0.15, 0.2) is 65.2 Å². The van der Waals surface area contributed by atoms with Crippen LogP contribution in [-0.2, 0) is 0 Å². The number of carbonyl (C=O) groups excluding carboxylic acids is 1. The van der Waals surface area contributed by atoms with Gasteiger partial charge in [-0.2, -0.15) is 0 Å². The summed E-state index contributed by atoms with van der Waals surface area (Å²) in [6.07, 6.45) is 1.58. The predicted octanol–water partition coefficient (Wildman–Crippen LogP) is 5.33. The lowest BCUT2D eigenvalue weighted by Gasteiger charge is -2.07. The van der Waals surface area contributed by atoms with Gasteiger partial charge in [0.2, 0.25) is 0 Å². The van der Waals surface area contributed by atoms with Crippen molar-refractivity contribution in [1.29, 1.82) is 0 Å². The first kappa shape index (κ1) is 16.9. The van der Waals surface area contributed by atoms with E-state index >= 15 is 0 Å². The van der Waals surface area contributed by atoms with E-state index in [-0.39, 0.29) is 5.82 Å². The number of hydrogen-bond acceptors (Lipinski definition) is 3. The van der Waals surface area contributed by atoms with E-state index in [0.717, 1.165) is 40.0 Å². The van der Waals surface area contributed by atoms with Gasteiger partial charge in [-0.15, -0.1) is 0 Å². The van der Waals surface area contributed by atoms with Crippen molar-refractivity contribution in [2.45, 2.75) is 6.92 Å². The summed E-state index contributed by atoms with van der Waals surface area (Å²) in [5.74, 6) is -1.80. The minimum Gasteiger partial charge on any atom is -0.461 e. The van der Waals surface area contributed by atoms with E-state index in [2.05, 4.69) is 10.3 Å². The van der Waals surface area contributed by atoms with Gasteiger partial charge in [0.05, 0.1) is 0 Å². The number of aryl methyl sites for hydroxylation is 1. The monoisotopic (exact) mass is 364 g/mol. The largest absolute Gasteiger partial charge is 0.461 e. The van der Waals surface area contributed by atoms with Crippen LogP contribution >= 0.6 is 0 Å². The number of carbonyl (C=O) groups is 1. The normalized spacial score (nSPS) is 10.9. The molecule has 0 saturated heterocycles. The summed E-state index contributed by atoms with van der Waals surface area (Å²) in [6, 6.07) is 14.3. The van der Waals surface area contributed by atoms with Crippen molar-refractivity contribution >= 4 is 22.7 Å². The average Bonchev–Trinajstić information content (AvgIpc) is 2.98. The predicted molar refractivity (Wildman–Crippen MR) is 98.5 cm³/mol. The molecule has 2 aromatic carbocycles. The molecule has 6 heteroatoms. The van der Waals surface area contributed by atoms with Crippen molar-refractivity contribution in [1.82, 2.24) is 4.98 Å². The molecule has 0 fully saturated rings. The number of pyridine rings is 1. The number of benzene rings is 2. The molecule has 0 radical (unpaired) electrons. The van der Waals surface area contributed by atoms with Crippen LogP contribution in [0.4, 0.5) is 14.6 Å². The SMILES string of the molecule is Cc1oc2ccccc2c1-c1ccc(NC(=O)c2c(F)cccc2F)nc1. The van der Waals surface area contributed by atoms with Gasteiger partial charge in [-0.25, -0.2) is 13.8 Å². The molecule has 0 bridgehead atoms. The summed E-state index contributed by atoms with van der Waals surface area (Å²) in [6.45, 7) is 1.87. The minimum absolute atomic E-state index is 0.192. The molecule has 4 aromatic rings. The highest BCUT2D eigenvalue weighted by Crippen LogP contribution is 2.34. The van der Waals surface area contributed by atoms with E-state index in [0.29, 0.717) is 0 Å². The Labute approximate surface area is 153 Å². The zero-order valence-corrected chi connectivity index (χ0v) is 14.3. The molecule has 2 heterocycles. The lowest BCUT2D eigenvalue weighted by Crippen LogP contribution is -2.16. The van der Waals surface area contributed by atoms with Gasteiger partial charge in [0, 0.05) is 22.7 Å². The quantitative estimate of drug-likeness (QED) is 0.534. The number of nitrogens with one attached hydrogen (secondary N) is 1. The minimum atomic E-state index is -0.926. The van der Waals surface area contributed by atoms with E-state index in [1.165, 1.54) is 6.07 Å². The van der Waals surface area contributed by atoms with Gasteiger partial charge in [-0.1, -0.05) is 24.3 Å². The van der Waals surface area contributed by atoms with E-state index < -0.39 is 23.1 Å². The maximum atomic E-state index is 13.7. The van der Waals surface area contributed by atoms with E-state index in [1.54, 1.807) is 18.3 Å². The van der Waals surface area contributed by atoms with Gasteiger partial charge in [-0.3, -0.25) is 4.79 Å². The fourth-order valence-corrected chi connectivity index (χ4v) is 3.04. The molecule has 0 unspecified atom stereocenters. The topological polar surface area (TPSA) is 55.1 Å². The first-order chi connectivity index (χ1) is 13.0. The van der Waals surface area contributed by atoms with Crippen molar-refractivity contribution in [2.75, 3.05) is 5.32 Å². The second-order valence-corrected chi connectivity index (χ2v) is 6.01. The van der Waals surface area contributed by atoms with Crippen molar-refractivity contribution < 1.29 is 18.0 Å². The molecule has 1 N–H and O–H groups in total. The molecule has 0 aliphatic carbocycles. The first-order valence-electron chi connectivity index (χ1n) is 8.24. The lowest BCUT2D eigenvalue weighted by molar-refractivity contribution is 0.101. The van der Waals surface area contributed by atoms with Crippen molar-refractivity contribution in [3.05, 3.63) is 83.8 Å². The van der Waals surface area contributed by atoms with Crippen molar-refractivity contribution in [2.24, 2.45) is 0 Å². The summed E-state index contributed by atoms with van der Waals surface area (Å²) in [5, 5.41) is 3.37. The van der Waals surface area contributed by atoms with E-state index in [1.807, 2.05) is 31.2 Å². The number of nitrogens with zero attached hydrogens (tertiary/aromatic N) is 1. The van der Waals surface area contributed by atoms with E-state index in [9.17, 15) is 13.6 Å². The Morgan fingerprint density at radius 1 is 1.00 bits per heavy atom. The van der Waals surface area contributed by atoms with Gasteiger partial charge >= 0.3 is 0 Å². The Morgan fingerprint density at radius 3 is 2.44 bits per heavy atom. The zero-order valence-electron chi connectivity index (χ0n) is 14.3. The molecule has 0 aliphatic heterocycles. The van der Waals surface area contributed by atoms with Crippen LogP contribution in [0.1, 0.15) is 16.1 Å². The van der Waals surface area contributed by atoms with Gasteiger partial charge in [0.1, 0.15) is 34.4 Å². The van der Waals surface area contributed by atoms with Crippen LogP contribution < -0.4 is 5.32 Å². The van der Waals surface area contributed by atoms with Gasteiger partial charge in [0.15, 0.2) is 0 Å². The Hall–Kier alpha value is -3.54. The van der Waals surface area contributed by atoms with Crippen LogP contribution in [0.5, 0.6) is 0 Å². The maximum absolute atomic E-state index is 13.7. The molecule has 1 amide bonds. The second-order valence-electron chi connectivity index (χ2n) is 6.01. The third-order valence-corrected chi connectivity index (χ3v) is 4.26. The zero-order chi connectivity index (χ0) is 19.0. The van der Waals surface area contributed by atoms with Gasteiger partial charge < -0.3 is 9.73 Å². The van der Waals surface area contributed by atoms with Crippen LogP contribution in [0.2, 0.25) is 0 Å². The fourth-order valence-electron chi connectivity index (χ4n) is 3.04. The van der Waals surface area contributed by atoms with E-state index in [4.69, 9.17) is 4.42 Å². The molecule has 2 aromatic heterocycles. The highest BCUT2D eigenvalue weighted by atomic mass is 19.1. The van der Waals surface area contributed by atoms with Crippen molar-refractivity contribution in [3.63, 3.8) is 0 Å². The number of amides is 1. The summed E-state index contributed by atoms with van der Waals surface area (Å²) in [7, 11) is 0. The van der Waals surface area contributed by atoms with Crippen LogP contribution in [0, 0.1) is 18.6 Å². The molecule has 134 valence electrons. The molecular formula is C21H14F2N2O2. The number of halogens is 2. The number of anilines is 1.